The Hall–Kier alpha value is -2.54. The maximum atomic E-state index is 13.0. The SMILES string of the molecule is COc1nc(CCC(=O)[C@@H]2CCCN2S(=O)(=O)c2ccc(Cl)s2)cc(-c2ccc(C(F)(F)F)cc2)n1. The van der Waals surface area contributed by atoms with Crippen molar-refractivity contribution in [2.24, 2.45) is 0 Å². The van der Waals surface area contributed by atoms with Crippen LogP contribution in [-0.2, 0) is 27.4 Å². The van der Waals surface area contributed by atoms with Crippen molar-refractivity contribution in [2.45, 2.75) is 42.1 Å². The highest BCUT2D eigenvalue weighted by Gasteiger charge is 2.39. The normalized spacial score (nSPS) is 16.9. The van der Waals surface area contributed by atoms with E-state index in [-0.39, 0.29) is 35.4 Å². The number of Topliss-reactive ketones (excluding diaryl/α,β-unsaturated/α-hetero) is 1. The predicted octanol–water partition coefficient (Wildman–Crippen LogP) is 5.24. The molecule has 13 heteroatoms. The second-order valence-corrected chi connectivity index (χ2v) is 11.9. The first-order chi connectivity index (χ1) is 17.0. The first-order valence-electron chi connectivity index (χ1n) is 10.9. The van der Waals surface area contributed by atoms with Crippen LogP contribution in [0.3, 0.4) is 0 Å². The average molecular weight is 560 g/mol. The van der Waals surface area contributed by atoms with Crippen LogP contribution in [0.25, 0.3) is 11.3 Å². The van der Waals surface area contributed by atoms with Gasteiger partial charge in [0.1, 0.15) is 4.21 Å². The first kappa shape index (κ1) is 26.5. The summed E-state index contributed by atoms with van der Waals surface area (Å²) in [5.41, 5.74) is 0.443. The van der Waals surface area contributed by atoms with Gasteiger partial charge in [-0.15, -0.1) is 11.3 Å². The Morgan fingerprint density at radius 3 is 2.53 bits per heavy atom. The van der Waals surface area contributed by atoms with Crippen LogP contribution in [0.4, 0.5) is 13.2 Å². The van der Waals surface area contributed by atoms with E-state index in [4.69, 9.17) is 16.3 Å². The molecule has 0 amide bonds. The van der Waals surface area contributed by atoms with Gasteiger partial charge >= 0.3 is 12.2 Å². The fourth-order valence-electron chi connectivity index (χ4n) is 3.99. The number of ketones is 1. The van der Waals surface area contributed by atoms with E-state index < -0.39 is 27.8 Å². The number of alkyl halides is 3. The molecular weight excluding hydrogens is 539 g/mol. The maximum Gasteiger partial charge on any atom is 0.416 e. The van der Waals surface area contributed by atoms with Crippen LogP contribution in [0.1, 0.15) is 30.5 Å². The largest absolute Gasteiger partial charge is 0.467 e. The molecule has 1 aliphatic heterocycles. The zero-order valence-corrected chi connectivity index (χ0v) is 21.3. The van der Waals surface area contributed by atoms with Crippen LogP contribution in [0, 0.1) is 0 Å². The average Bonchev–Trinajstić information content (AvgIpc) is 3.52. The van der Waals surface area contributed by atoms with Gasteiger partial charge in [0, 0.05) is 24.2 Å². The fraction of sp³-hybridized carbons (Fsp3) is 0.348. The molecule has 0 bridgehead atoms. The molecule has 0 saturated carbocycles. The molecule has 0 radical (unpaired) electrons. The molecule has 3 heterocycles. The minimum atomic E-state index is -4.45. The van der Waals surface area contributed by atoms with E-state index in [9.17, 15) is 26.4 Å². The summed E-state index contributed by atoms with van der Waals surface area (Å²) < 4.78 is 71.5. The van der Waals surface area contributed by atoms with Crippen LogP contribution >= 0.6 is 22.9 Å². The number of ether oxygens (including phenoxy) is 1. The molecule has 1 aromatic carbocycles. The molecule has 0 N–H and O–H groups in total. The number of sulfonamides is 1. The van der Waals surface area contributed by atoms with Crippen molar-refractivity contribution in [3.63, 3.8) is 0 Å². The Labute approximate surface area is 214 Å². The van der Waals surface area contributed by atoms with E-state index in [1.165, 1.54) is 35.7 Å². The number of hydrogen-bond donors (Lipinski definition) is 0. The summed E-state index contributed by atoms with van der Waals surface area (Å²) in [5, 5.41) is 0. The van der Waals surface area contributed by atoms with E-state index >= 15 is 0 Å². The molecule has 1 saturated heterocycles. The van der Waals surface area contributed by atoms with E-state index in [0.717, 1.165) is 23.5 Å². The summed E-state index contributed by atoms with van der Waals surface area (Å²) >= 11 is 6.84. The third kappa shape index (κ3) is 5.72. The summed E-state index contributed by atoms with van der Waals surface area (Å²) in [6.45, 7) is 0.244. The third-order valence-corrected chi connectivity index (χ3v) is 9.37. The number of rotatable bonds is 8. The quantitative estimate of drug-likeness (QED) is 0.375. The van der Waals surface area contributed by atoms with Crippen LogP contribution in [0.2, 0.25) is 4.34 Å². The van der Waals surface area contributed by atoms with E-state index in [0.29, 0.717) is 34.1 Å². The summed E-state index contributed by atoms with van der Waals surface area (Å²) in [6, 6.07) is 8.26. The predicted molar refractivity (Wildman–Crippen MR) is 129 cm³/mol. The van der Waals surface area contributed by atoms with Gasteiger partial charge in [-0.25, -0.2) is 13.4 Å². The van der Waals surface area contributed by atoms with Crippen molar-refractivity contribution in [1.29, 1.82) is 0 Å². The Morgan fingerprint density at radius 2 is 1.92 bits per heavy atom. The summed E-state index contributed by atoms with van der Waals surface area (Å²) in [4.78, 5) is 21.5. The molecule has 1 fully saturated rings. The monoisotopic (exact) mass is 559 g/mol. The molecule has 7 nitrogen and oxygen atoms in total. The van der Waals surface area contributed by atoms with Gasteiger partial charge in [0.25, 0.3) is 10.0 Å². The van der Waals surface area contributed by atoms with Crippen molar-refractivity contribution >= 4 is 38.7 Å². The smallest absolute Gasteiger partial charge is 0.416 e. The van der Waals surface area contributed by atoms with Gasteiger partial charge in [-0.05, 0) is 49.6 Å². The van der Waals surface area contributed by atoms with Gasteiger partial charge in [0.2, 0.25) is 0 Å². The second-order valence-electron chi connectivity index (χ2n) is 8.10. The molecule has 36 heavy (non-hydrogen) atoms. The first-order valence-corrected chi connectivity index (χ1v) is 13.5. The molecule has 0 aliphatic carbocycles. The van der Waals surface area contributed by atoms with Crippen molar-refractivity contribution in [1.82, 2.24) is 14.3 Å². The van der Waals surface area contributed by atoms with Crippen molar-refractivity contribution < 1.29 is 31.1 Å². The molecule has 0 spiro atoms. The molecule has 4 rings (SSSR count). The Kier molecular flexibility index (Phi) is 7.69. The van der Waals surface area contributed by atoms with Crippen LogP contribution in [-0.4, -0.2) is 48.2 Å². The molecule has 3 aromatic rings. The van der Waals surface area contributed by atoms with Gasteiger partial charge in [-0.3, -0.25) is 4.79 Å². The van der Waals surface area contributed by atoms with Gasteiger partial charge < -0.3 is 4.74 Å². The van der Waals surface area contributed by atoms with Crippen molar-refractivity contribution in [2.75, 3.05) is 13.7 Å². The summed E-state index contributed by atoms with van der Waals surface area (Å²) in [6.07, 6.45) is -3.27. The summed E-state index contributed by atoms with van der Waals surface area (Å²) in [5.74, 6) is -0.243. The minimum Gasteiger partial charge on any atom is -0.467 e. The number of halogens is 4. The molecule has 0 unspecified atom stereocenters. The highest BCUT2D eigenvalue weighted by atomic mass is 35.5. The molecule has 1 atom stereocenters. The number of methoxy groups -OCH3 is 1. The Bertz CT molecular complexity index is 1360. The third-order valence-electron chi connectivity index (χ3n) is 5.76. The minimum absolute atomic E-state index is 0.00879. The highest BCUT2D eigenvalue weighted by Crippen LogP contribution is 2.33. The fourth-order valence-corrected chi connectivity index (χ4v) is 7.28. The molecule has 192 valence electrons. The van der Waals surface area contributed by atoms with Gasteiger partial charge in [-0.2, -0.15) is 22.5 Å². The number of carbonyl (C=O) groups excluding carboxylic acids is 1. The van der Waals surface area contributed by atoms with Crippen LogP contribution < -0.4 is 4.74 Å². The number of benzene rings is 1. The highest BCUT2D eigenvalue weighted by molar-refractivity contribution is 7.91. The maximum absolute atomic E-state index is 13.0. The zero-order valence-electron chi connectivity index (χ0n) is 19.0. The van der Waals surface area contributed by atoms with Gasteiger partial charge in [0.05, 0.1) is 28.7 Å². The molecule has 1 aliphatic rings. The lowest BCUT2D eigenvalue weighted by atomic mass is 10.0. The van der Waals surface area contributed by atoms with Crippen LogP contribution in [0.15, 0.2) is 46.7 Å². The van der Waals surface area contributed by atoms with Crippen LogP contribution in [0.5, 0.6) is 6.01 Å². The van der Waals surface area contributed by atoms with Gasteiger partial charge in [0.15, 0.2) is 5.78 Å². The van der Waals surface area contributed by atoms with Crippen molar-refractivity contribution in [3.05, 3.63) is 58.1 Å². The topological polar surface area (TPSA) is 89.5 Å². The van der Waals surface area contributed by atoms with E-state index in [1.807, 2.05) is 0 Å². The lowest BCUT2D eigenvalue weighted by Gasteiger charge is -2.22. The standard InChI is InChI=1S/C23H21ClF3N3O4S2/c1-34-22-28-16(13-17(29-22)14-4-6-15(7-5-14)23(25,26)27)8-9-19(31)18-3-2-12-30(18)36(32,33)21-11-10-20(24)35-21/h4-7,10-11,13,18H,2-3,8-9,12H2,1H3/t18-/m0/s1. The number of hydrogen-bond acceptors (Lipinski definition) is 7. The number of aromatic nitrogens is 2. The lowest BCUT2D eigenvalue weighted by Crippen LogP contribution is -2.40. The zero-order chi connectivity index (χ0) is 26.1. The number of nitrogens with zero attached hydrogens (tertiary/aromatic N) is 3. The Morgan fingerprint density at radius 1 is 1.19 bits per heavy atom. The number of carbonyl (C=O) groups is 1. The summed E-state index contributed by atoms with van der Waals surface area (Å²) in [7, 11) is -2.48. The second kappa shape index (κ2) is 10.4. The lowest BCUT2D eigenvalue weighted by molar-refractivity contribution is -0.137. The van der Waals surface area contributed by atoms with E-state index in [2.05, 4.69) is 9.97 Å². The number of aryl methyl sites for hydroxylation is 1. The molecular formula is C23H21ClF3N3O4S2. The van der Waals surface area contributed by atoms with E-state index in [1.54, 1.807) is 6.07 Å². The molecule has 2 aromatic heterocycles. The Balaban J connectivity index is 1.50. The van der Waals surface area contributed by atoms with Crippen molar-refractivity contribution in [3.8, 4) is 17.3 Å². The number of thiophene rings is 1. The van der Waals surface area contributed by atoms with Gasteiger partial charge in [-0.1, -0.05) is 23.7 Å².